The SMILES string of the molecule is CC(C)C[C@H](NC(=O)[C@H](CC(C)C)NC(=O)[C@@H](NC(=O)[C@@H]1CCCN1C(=O)[C@H](CC(C)C)NC(=O)[C@H](CC(C)C)NC(=O)[C@@H](NC(=O)[C@H](C)NC(=O)[C@H](C)NC(=O)[C@@H](N)CS)C(C)C)C(C)C)C(=O)N[C@@H](CS)C(=O)O. The monoisotopic (exact) mass is 1110 g/mol. The Morgan fingerprint density at radius 3 is 1.20 bits per heavy atom. The minimum absolute atomic E-state index is 0.0517. The van der Waals surface area contributed by atoms with Crippen LogP contribution in [0.4, 0.5) is 0 Å². The van der Waals surface area contributed by atoms with Crippen LogP contribution in [0.25, 0.3) is 0 Å². The lowest BCUT2D eigenvalue weighted by Gasteiger charge is -2.32. The lowest BCUT2D eigenvalue weighted by atomic mass is 9.97. The third-order valence-electron chi connectivity index (χ3n) is 12.5. The van der Waals surface area contributed by atoms with Crippen LogP contribution >= 0.6 is 25.3 Å². The molecule has 0 radical (unpaired) electrons. The molecule has 0 spiro atoms. The van der Waals surface area contributed by atoms with E-state index in [1.807, 2.05) is 55.4 Å². The minimum atomic E-state index is -1.30. The molecule has 0 aliphatic carbocycles. The first-order valence-electron chi connectivity index (χ1n) is 26.5. The molecule has 1 saturated heterocycles. The number of hydrogen-bond donors (Lipinski definition) is 13. The van der Waals surface area contributed by atoms with Gasteiger partial charge in [0.1, 0.15) is 60.4 Å². The van der Waals surface area contributed by atoms with Crippen LogP contribution in [-0.4, -0.2) is 160 Å². The van der Waals surface area contributed by atoms with Crippen molar-refractivity contribution >= 4 is 90.3 Å². The van der Waals surface area contributed by atoms with Crippen LogP contribution in [0, 0.1) is 35.5 Å². The Bertz CT molecular complexity index is 2010. The number of carboxylic acids is 1. The Labute approximate surface area is 460 Å². The summed E-state index contributed by atoms with van der Waals surface area (Å²) in [6, 6.07) is -12.4. The molecule has 0 unspecified atom stereocenters. The van der Waals surface area contributed by atoms with Gasteiger partial charge in [0.15, 0.2) is 0 Å². The Kier molecular flexibility index (Phi) is 30.1. The van der Waals surface area contributed by atoms with Crippen molar-refractivity contribution in [2.45, 2.75) is 202 Å². The standard InChI is InChI=1S/C51H91N11O12S2/c1-24(2)18-33(46(68)59-37(23-76)51(73)74)55-44(66)34(19-25(3)4)56-49(71)40(29(11)12)61-47(69)38-16-15-17-62(38)50(72)36(21-27(7)8)58-45(67)35(20-26(5)6)57-48(70)39(28(9)10)60-42(64)31(14)53-41(63)30(13)54-43(65)32(52)22-75/h24-40,75-76H,15-23,52H2,1-14H3,(H,53,63)(H,54,65)(H,55,66)(H,56,71)(H,57,70)(H,58,67)(H,59,68)(H,60,64)(H,61,69)(H,73,74)/t30-,31-,32-,33-,34-,35-,36-,37-,38-,39-,40-/m0/s1. The van der Waals surface area contributed by atoms with Crippen LogP contribution in [-0.2, 0) is 52.7 Å². The fraction of sp³-hybridized carbons (Fsp3) is 0.784. The van der Waals surface area contributed by atoms with Gasteiger partial charge in [-0.15, -0.1) is 0 Å². The quantitative estimate of drug-likeness (QED) is 0.0400. The van der Waals surface area contributed by atoms with Crippen molar-refractivity contribution in [3.8, 4) is 0 Å². The summed E-state index contributed by atoms with van der Waals surface area (Å²) in [5.41, 5.74) is 5.68. The van der Waals surface area contributed by atoms with Crippen molar-refractivity contribution in [2.24, 2.45) is 41.2 Å². The molecule has 0 bridgehead atoms. The second kappa shape index (κ2) is 33.2. The summed E-state index contributed by atoms with van der Waals surface area (Å²) in [5, 5.41) is 33.3. The molecule has 1 fully saturated rings. The van der Waals surface area contributed by atoms with Gasteiger partial charge in [-0.1, -0.05) is 83.1 Å². The summed E-state index contributed by atoms with van der Waals surface area (Å²) >= 11 is 8.00. The molecular formula is C51H91N11O12S2. The molecule has 0 saturated carbocycles. The van der Waals surface area contributed by atoms with Crippen LogP contribution in [0.5, 0.6) is 0 Å². The van der Waals surface area contributed by atoms with E-state index in [9.17, 15) is 57.8 Å². The molecule has 0 aromatic rings. The number of carboxylic acid groups (broad SMARTS) is 1. The first-order valence-corrected chi connectivity index (χ1v) is 27.8. The first-order chi connectivity index (χ1) is 35.3. The number of amides is 10. The number of aliphatic carboxylic acids is 1. The van der Waals surface area contributed by atoms with Crippen molar-refractivity contribution in [1.29, 1.82) is 0 Å². The van der Waals surface area contributed by atoms with Crippen molar-refractivity contribution in [3.05, 3.63) is 0 Å². The maximum atomic E-state index is 14.5. The second-order valence-electron chi connectivity index (χ2n) is 22.2. The molecule has 0 aromatic carbocycles. The molecular weight excluding hydrogens is 1020 g/mol. The highest BCUT2D eigenvalue weighted by molar-refractivity contribution is 7.80. The number of hydrogen-bond acceptors (Lipinski definition) is 14. The van der Waals surface area contributed by atoms with E-state index in [0.29, 0.717) is 6.42 Å². The third kappa shape index (κ3) is 23.2. The minimum Gasteiger partial charge on any atom is -0.480 e. The smallest absolute Gasteiger partial charge is 0.327 e. The zero-order chi connectivity index (χ0) is 58.5. The lowest BCUT2D eigenvalue weighted by molar-refractivity contribution is -0.143. The zero-order valence-corrected chi connectivity index (χ0v) is 48.8. The Hall–Kier alpha value is -5.17. The number of likely N-dealkylation sites (tertiary alicyclic amines) is 1. The van der Waals surface area contributed by atoms with E-state index in [-0.39, 0.29) is 73.8 Å². The highest BCUT2D eigenvalue weighted by Crippen LogP contribution is 2.22. The van der Waals surface area contributed by atoms with Gasteiger partial charge in [-0.25, -0.2) is 4.79 Å². The fourth-order valence-corrected chi connectivity index (χ4v) is 8.71. The molecule has 1 aliphatic rings. The molecule has 23 nitrogen and oxygen atoms in total. The van der Waals surface area contributed by atoms with Crippen molar-refractivity contribution in [3.63, 3.8) is 0 Å². The topological polar surface area (TPSA) is 346 Å². The average molecular weight is 1110 g/mol. The highest BCUT2D eigenvalue weighted by Gasteiger charge is 2.41. The third-order valence-corrected chi connectivity index (χ3v) is 13.3. The van der Waals surface area contributed by atoms with Gasteiger partial charge in [-0.2, -0.15) is 25.3 Å². The molecule has 25 heteroatoms. The van der Waals surface area contributed by atoms with Gasteiger partial charge in [0.25, 0.3) is 0 Å². The number of carbonyl (C=O) groups is 11. The van der Waals surface area contributed by atoms with Gasteiger partial charge in [-0.3, -0.25) is 47.9 Å². The molecule has 0 aromatic heterocycles. The Balaban J connectivity index is 3.33. The van der Waals surface area contributed by atoms with Gasteiger partial charge in [0.2, 0.25) is 59.1 Å². The van der Waals surface area contributed by atoms with Crippen molar-refractivity contribution in [2.75, 3.05) is 18.1 Å². The second-order valence-corrected chi connectivity index (χ2v) is 23.0. The lowest BCUT2D eigenvalue weighted by Crippen LogP contribution is -2.61. The number of thiol groups is 2. The molecule has 434 valence electrons. The molecule has 1 rings (SSSR count). The van der Waals surface area contributed by atoms with Crippen LogP contribution in [0.1, 0.15) is 135 Å². The maximum Gasteiger partial charge on any atom is 0.327 e. The van der Waals surface area contributed by atoms with E-state index in [4.69, 9.17) is 5.73 Å². The van der Waals surface area contributed by atoms with E-state index >= 15 is 0 Å². The molecule has 10 amide bonds. The number of nitrogens with one attached hydrogen (secondary N) is 9. The van der Waals surface area contributed by atoms with Gasteiger partial charge in [0, 0.05) is 18.1 Å². The predicted molar refractivity (Wildman–Crippen MR) is 294 cm³/mol. The van der Waals surface area contributed by atoms with E-state index in [2.05, 4.69) is 73.1 Å². The molecule has 1 heterocycles. The molecule has 12 N–H and O–H groups in total. The Morgan fingerprint density at radius 1 is 0.461 bits per heavy atom. The summed E-state index contributed by atoms with van der Waals surface area (Å²) in [4.78, 5) is 149. The number of carbonyl (C=O) groups excluding carboxylic acids is 10. The zero-order valence-electron chi connectivity index (χ0n) is 47.0. The molecule has 1 aliphatic heterocycles. The molecule has 76 heavy (non-hydrogen) atoms. The number of nitrogens with zero attached hydrogens (tertiary/aromatic N) is 1. The van der Waals surface area contributed by atoms with Crippen molar-refractivity contribution in [1.82, 2.24) is 52.8 Å². The summed E-state index contributed by atoms with van der Waals surface area (Å²) in [5.74, 6) is -9.45. The van der Waals surface area contributed by atoms with Crippen molar-refractivity contribution < 1.29 is 57.8 Å². The number of rotatable bonds is 32. The first kappa shape index (κ1) is 68.8. The highest BCUT2D eigenvalue weighted by atomic mass is 32.1. The van der Waals surface area contributed by atoms with Crippen LogP contribution in [0.15, 0.2) is 0 Å². The summed E-state index contributed by atoms with van der Waals surface area (Å²) < 4.78 is 0. The summed E-state index contributed by atoms with van der Waals surface area (Å²) in [6.45, 7) is 24.5. The van der Waals surface area contributed by atoms with Gasteiger partial charge >= 0.3 is 5.97 Å². The van der Waals surface area contributed by atoms with E-state index < -0.39 is 143 Å². The largest absolute Gasteiger partial charge is 0.480 e. The maximum absolute atomic E-state index is 14.5. The van der Waals surface area contributed by atoms with E-state index in [1.165, 1.54) is 18.7 Å². The number of nitrogens with two attached hydrogens (primary N) is 1. The Morgan fingerprint density at radius 2 is 0.816 bits per heavy atom. The normalized spacial score (nSPS) is 17.6. The van der Waals surface area contributed by atoms with E-state index in [1.54, 1.807) is 27.7 Å². The summed E-state index contributed by atoms with van der Waals surface area (Å²) in [7, 11) is 0. The fourth-order valence-electron chi connectivity index (χ4n) is 8.30. The van der Waals surface area contributed by atoms with Crippen LogP contribution < -0.4 is 53.6 Å². The van der Waals surface area contributed by atoms with Gasteiger partial charge in [-0.05, 0) is 87.9 Å². The average Bonchev–Trinajstić information content (AvgIpc) is 3.81. The van der Waals surface area contributed by atoms with Gasteiger partial charge < -0.3 is 63.6 Å². The molecule has 11 atom stereocenters. The van der Waals surface area contributed by atoms with Crippen LogP contribution in [0.3, 0.4) is 0 Å². The van der Waals surface area contributed by atoms with E-state index in [0.717, 1.165) is 0 Å². The van der Waals surface area contributed by atoms with Crippen LogP contribution in [0.2, 0.25) is 0 Å². The summed E-state index contributed by atoms with van der Waals surface area (Å²) in [6.07, 6.45) is 1.32. The van der Waals surface area contributed by atoms with Gasteiger partial charge in [0.05, 0.1) is 6.04 Å². The predicted octanol–water partition coefficient (Wildman–Crippen LogP) is 0.148.